The Bertz CT molecular complexity index is 524. The molecule has 1 N–H and O–H groups in total. The van der Waals surface area contributed by atoms with Crippen LogP contribution in [0.1, 0.15) is 6.92 Å². The molecule has 1 aromatic carbocycles. The number of para-hydroxylation sites is 1. The standard InChI is InChI=1S/C14H17N3/c1-11-10-17(9-8-15-11)14-7-6-12-4-2-3-5-13(12)16-14/h2-7,11,15H,8-10H2,1H3. The summed E-state index contributed by atoms with van der Waals surface area (Å²) in [5.74, 6) is 1.09. The first-order valence-corrected chi connectivity index (χ1v) is 6.17. The largest absolute Gasteiger partial charge is 0.354 e. The second-order valence-corrected chi connectivity index (χ2v) is 4.66. The molecule has 0 spiro atoms. The SMILES string of the molecule is CC1CN(c2ccc3ccccc3n2)CCN1. The molecular weight excluding hydrogens is 210 g/mol. The van der Waals surface area contributed by atoms with Crippen molar-refractivity contribution in [2.24, 2.45) is 0 Å². The van der Waals surface area contributed by atoms with Crippen molar-refractivity contribution < 1.29 is 0 Å². The fourth-order valence-corrected chi connectivity index (χ4v) is 2.37. The second-order valence-electron chi connectivity index (χ2n) is 4.66. The van der Waals surface area contributed by atoms with Crippen molar-refractivity contribution in [2.45, 2.75) is 13.0 Å². The number of hydrogen-bond acceptors (Lipinski definition) is 3. The van der Waals surface area contributed by atoms with Gasteiger partial charge in [0.15, 0.2) is 0 Å². The number of piperazine rings is 1. The molecule has 3 nitrogen and oxygen atoms in total. The van der Waals surface area contributed by atoms with E-state index in [2.05, 4.69) is 47.5 Å². The molecule has 1 saturated heterocycles. The van der Waals surface area contributed by atoms with Crippen molar-refractivity contribution in [3.8, 4) is 0 Å². The lowest BCUT2D eigenvalue weighted by atomic mass is 10.2. The van der Waals surface area contributed by atoms with Crippen molar-refractivity contribution in [2.75, 3.05) is 24.5 Å². The summed E-state index contributed by atoms with van der Waals surface area (Å²) >= 11 is 0. The van der Waals surface area contributed by atoms with Gasteiger partial charge in [0.2, 0.25) is 0 Å². The first-order chi connectivity index (χ1) is 8.33. The van der Waals surface area contributed by atoms with Crippen LogP contribution in [0.15, 0.2) is 36.4 Å². The van der Waals surface area contributed by atoms with Crippen LogP contribution in [0.25, 0.3) is 10.9 Å². The van der Waals surface area contributed by atoms with Crippen molar-refractivity contribution in [1.82, 2.24) is 10.3 Å². The van der Waals surface area contributed by atoms with E-state index in [1.165, 1.54) is 5.39 Å². The lowest BCUT2D eigenvalue weighted by Crippen LogP contribution is -2.49. The van der Waals surface area contributed by atoms with E-state index in [1.54, 1.807) is 0 Å². The van der Waals surface area contributed by atoms with Crippen LogP contribution in [0.4, 0.5) is 5.82 Å². The molecule has 1 atom stereocenters. The molecule has 2 heterocycles. The molecule has 1 aliphatic heterocycles. The van der Waals surface area contributed by atoms with Crippen molar-refractivity contribution in [1.29, 1.82) is 0 Å². The number of anilines is 1. The van der Waals surface area contributed by atoms with Crippen molar-refractivity contribution in [3.63, 3.8) is 0 Å². The van der Waals surface area contributed by atoms with Crippen LogP contribution in [0, 0.1) is 0 Å². The summed E-state index contributed by atoms with van der Waals surface area (Å²) in [4.78, 5) is 7.09. The van der Waals surface area contributed by atoms with E-state index in [-0.39, 0.29) is 0 Å². The Morgan fingerprint density at radius 1 is 1.24 bits per heavy atom. The topological polar surface area (TPSA) is 28.2 Å². The summed E-state index contributed by atoms with van der Waals surface area (Å²) in [6.45, 7) is 5.32. The molecule has 2 aromatic rings. The average molecular weight is 227 g/mol. The Hall–Kier alpha value is -1.61. The number of benzene rings is 1. The third kappa shape index (κ3) is 2.11. The maximum atomic E-state index is 4.73. The van der Waals surface area contributed by atoms with Crippen LogP contribution < -0.4 is 10.2 Å². The predicted molar refractivity (Wildman–Crippen MR) is 71.4 cm³/mol. The van der Waals surface area contributed by atoms with Crippen LogP contribution >= 0.6 is 0 Å². The van der Waals surface area contributed by atoms with Gasteiger partial charge < -0.3 is 10.2 Å². The van der Waals surface area contributed by atoms with Crippen LogP contribution in [-0.2, 0) is 0 Å². The highest BCUT2D eigenvalue weighted by Gasteiger charge is 2.16. The average Bonchev–Trinajstić information content (AvgIpc) is 2.38. The Labute approximate surface area is 101 Å². The van der Waals surface area contributed by atoms with Crippen LogP contribution in [0.3, 0.4) is 0 Å². The number of nitrogens with one attached hydrogen (secondary N) is 1. The van der Waals surface area contributed by atoms with E-state index in [1.807, 2.05) is 6.07 Å². The molecule has 0 bridgehead atoms. The van der Waals surface area contributed by atoms with Gasteiger partial charge in [-0.25, -0.2) is 4.98 Å². The summed E-state index contributed by atoms with van der Waals surface area (Å²) in [6.07, 6.45) is 0. The minimum atomic E-state index is 0.539. The maximum Gasteiger partial charge on any atom is 0.129 e. The van der Waals surface area contributed by atoms with Gasteiger partial charge in [-0.2, -0.15) is 0 Å². The number of pyridine rings is 1. The molecule has 0 aliphatic carbocycles. The molecule has 1 aliphatic rings. The number of rotatable bonds is 1. The van der Waals surface area contributed by atoms with Gasteiger partial charge in [-0.1, -0.05) is 18.2 Å². The Morgan fingerprint density at radius 2 is 2.12 bits per heavy atom. The number of fused-ring (bicyclic) bond motifs is 1. The molecule has 17 heavy (non-hydrogen) atoms. The van der Waals surface area contributed by atoms with Gasteiger partial charge in [0.1, 0.15) is 5.82 Å². The van der Waals surface area contributed by atoms with Crippen molar-refractivity contribution >= 4 is 16.7 Å². The summed E-state index contributed by atoms with van der Waals surface area (Å²) in [6, 6.07) is 13.1. The van der Waals surface area contributed by atoms with Gasteiger partial charge in [0, 0.05) is 31.1 Å². The molecular formula is C14H17N3. The van der Waals surface area contributed by atoms with Crippen LogP contribution in [0.2, 0.25) is 0 Å². The first kappa shape index (κ1) is 10.5. The Balaban J connectivity index is 1.94. The van der Waals surface area contributed by atoms with Gasteiger partial charge in [-0.15, -0.1) is 0 Å². The van der Waals surface area contributed by atoms with Gasteiger partial charge in [-0.3, -0.25) is 0 Å². The summed E-state index contributed by atoms with van der Waals surface area (Å²) in [7, 11) is 0. The van der Waals surface area contributed by atoms with Gasteiger partial charge in [-0.05, 0) is 25.1 Å². The normalized spacial score (nSPS) is 20.8. The second kappa shape index (κ2) is 4.34. The van der Waals surface area contributed by atoms with E-state index in [4.69, 9.17) is 4.98 Å². The fraction of sp³-hybridized carbons (Fsp3) is 0.357. The molecule has 3 rings (SSSR count). The molecule has 0 radical (unpaired) electrons. The third-order valence-corrected chi connectivity index (χ3v) is 3.28. The highest BCUT2D eigenvalue weighted by molar-refractivity contribution is 5.80. The van der Waals surface area contributed by atoms with Gasteiger partial charge in [0.25, 0.3) is 0 Å². The molecule has 1 fully saturated rings. The molecule has 1 unspecified atom stereocenters. The Kier molecular flexibility index (Phi) is 2.69. The zero-order valence-electron chi connectivity index (χ0n) is 10.1. The van der Waals surface area contributed by atoms with E-state index in [9.17, 15) is 0 Å². The van der Waals surface area contributed by atoms with E-state index in [0.29, 0.717) is 6.04 Å². The minimum Gasteiger partial charge on any atom is -0.354 e. The highest BCUT2D eigenvalue weighted by atomic mass is 15.2. The highest BCUT2D eigenvalue weighted by Crippen LogP contribution is 2.18. The lowest BCUT2D eigenvalue weighted by molar-refractivity contribution is 0.482. The maximum absolute atomic E-state index is 4.73. The predicted octanol–water partition coefficient (Wildman–Crippen LogP) is 2.03. The zero-order valence-corrected chi connectivity index (χ0v) is 10.1. The van der Waals surface area contributed by atoms with E-state index in [0.717, 1.165) is 31.0 Å². The lowest BCUT2D eigenvalue weighted by Gasteiger charge is -2.32. The number of aromatic nitrogens is 1. The number of nitrogens with zero attached hydrogens (tertiary/aromatic N) is 2. The van der Waals surface area contributed by atoms with Crippen LogP contribution in [0.5, 0.6) is 0 Å². The molecule has 3 heteroatoms. The summed E-state index contributed by atoms with van der Waals surface area (Å²) < 4.78 is 0. The number of hydrogen-bond donors (Lipinski definition) is 1. The van der Waals surface area contributed by atoms with E-state index >= 15 is 0 Å². The minimum absolute atomic E-state index is 0.539. The van der Waals surface area contributed by atoms with Gasteiger partial charge in [0.05, 0.1) is 5.52 Å². The Morgan fingerprint density at radius 3 is 3.00 bits per heavy atom. The summed E-state index contributed by atoms with van der Waals surface area (Å²) in [5.41, 5.74) is 1.08. The molecule has 1 aromatic heterocycles. The quantitative estimate of drug-likeness (QED) is 0.808. The summed E-state index contributed by atoms with van der Waals surface area (Å²) in [5, 5.41) is 4.66. The van der Waals surface area contributed by atoms with Crippen LogP contribution in [-0.4, -0.2) is 30.7 Å². The van der Waals surface area contributed by atoms with Crippen molar-refractivity contribution in [3.05, 3.63) is 36.4 Å². The van der Waals surface area contributed by atoms with E-state index < -0.39 is 0 Å². The zero-order chi connectivity index (χ0) is 11.7. The smallest absolute Gasteiger partial charge is 0.129 e. The van der Waals surface area contributed by atoms with Gasteiger partial charge >= 0.3 is 0 Å². The third-order valence-electron chi connectivity index (χ3n) is 3.28. The molecule has 88 valence electrons. The molecule has 0 amide bonds. The first-order valence-electron chi connectivity index (χ1n) is 6.17. The molecule has 0 saturated carbocycles. The monoisotopic (exact) mass is 227 g/mol. The fourth-order valence-electron chi connectivity index (χ4n) is 2.37.